The fourth-order valence-electron chi connectivity index (χ4n) is 1.15. The molecule has 3 heteroatoms. The quantitative estimate of drug-likeness (QED) is 0.388. The first-order valence-electron chi connectivity index (χ1n) is 4.65. The van der Waals surface area contributed by atoms with Crippen LogP contribution in [0.25, 0.3) is 0 Å². The van der Waals surface area contributed by atoms with Crippen molar-refractivity contribution in [1.29, 1.82) is 0 Å². The van der Waals surface area contributed by atoms with E-state index in [2.05, 4.69) is 40.0 Å². The monoisotopic (exact) mass is 185 g/mol. The third-order valence-electron chi connectivity index (χ3n) is 1.99. The Labute approximate surface area is 81.0 Å². The molecule has 1 amide bonds. The van der Waals surface area contributed by atoms with Gasteiger partial charge in [-0.3, -0.25) is 4.79 Å². The Kier molecular flexibility index (Phi) is 4.70. The maximum atomic E-state index is 11.1. The van der Waals surface area contributed by atoms with Gasteiger partial charge >= 0.3 is 0 Å². The molecule has 0 aliphatic heterocycles. The number of carbonyl (C=O) groups excluding carboxylic acids is 1. The summed E-state index contributed by atoms with van der Waals surface area (Å²) in [6, 6.07) is 0. The molecule has 0 fully saturated rings. The Bertz CT molecular complexity index is 182. The zero-order chi connectivity index (χ0) is 10.5. The predicted molar refractivity (Wildman–Crippen MR) is 55.1 cm³/mol. The molecule has 0 aromatic carbocycles. The molecule has 0 spiro atoms. The molecule has 3 nitrogen and oxygen atoms in total. The Morgan fingerprint density at radius 3 is 2.38 bits per heavy atom. The third kappa shape index (κ3) is 4.68. The SMILES string of the molecule is C=CC(=O)NC(CCC)[N+](C)(C)C. The first-order valence-corrected chi connectivity index (χ1v) is 4.65. The second-order valence-electron chi connectivity index (χ2n) is 4.13. The van der Waals surface area contributed by atoms with E-state index in [0.29, 0.717) is 0 Å². The zero-order valence-corrected chi connectivity index (χ0v) is 9.13. The Morgan fingerprint density at radius 1 is 1.54 bits per heavy atom. The minimum atomic E-state index is -0.0912. The normalized spacial score (nSPS) is 13.5. The average molecular weight is 185 g/mol. The molecule has 0 aromatic heterocycles. The van der Waals surface area contributed by atoms with Gasteiger partial charge in [0, 0.05) is 6.42 Å². The van der Waals surface area contributed by atoms with Crippen molar-refractivity contribution < 1.29 is 9.28 Å². The van der Waals surface area contributed by atoms with Gasteiger partial charge in [0.25, 0.3) is 0 Å². The summed E-state index contributed by atoms with van der Waals surface area (Å²) in [6.45, 7) is 5.55. The van der Waals surface area contributed by atoms with Crippen molar-refractivity contribution in [3.63, 3.8) is 0 Å². The molecule has 0 aliphatic rings. The average Bonchev–Trinajstić information content (AvgIpc) is 2.01. The molecule has 1 unspecified atom stereocenters. The van der Waals surface area contributed by atoms with Crippen LogP contribution in [0, 0.1) is 0 Å². The van der Waals surface area contributed by atoms with E-state index in [4.69, 9.17) is 0 Å². The molecule has 0 heterocycles. The van der Waals surface area contributed by atoms with Gasteiger partial charge in [0.2, 0.25) is 5.91 Å². The van der Waals surface area contributed by atoms with Crippen LogP contribution in [-0.4, -0.2) is 37.7 Å². The number of hydrogen-bond acceptors (Lipinski definition) is 1. The van der Waals surface area contributed by atoms with Crippen LogP contribution >= 0.6 is 0 Å². The molecule has 1 atom stereocenters. The molecule has 0 radical (unpaired) electrons. The van der Waals surface area contributed by atoms with Crippen LogP contribution in [0.3, 0.4) is 0 Å². The predicted octanol–water partition coefficient (Wildman–Crippen LogP) is 1.12. The van der Waals surface area contributed by atoms with Gasteiger partial charge in [-0.1, -0.05) is 13.5 Å². The van der Waals surface area contributed by atoms with Gasteiger partial charge in [0.1, 0.15) is 0 Å². The summed E-state index contributed by atoms with van der Waals surface area (Å²) in [5.41, 5.74) is 0. The first kappa shape index (κ1) is 12.2. The summed E-state index contributed by atoms with van der Waals surface area (Å²) >= 11 is 0. The van der Waals surface area contributed by atoms with E-state index in [0.717, 1.165) is 17.3 Å². The third-order valence-corrected chi connectivity index (χ3v) is 1.99. The van der Waals surface area contributed by atoms with Gasteiger partial charge < -0.3 is 9.80 Å². The Morgan fingerprint density at radius 2 is 2.08 bits per heavy atom. The second kappa shape index (κ2) is 5.02. The smallest absolute Gasteiger partial charge is 0.247 e. The largest absolute Gasteiger partial charge is 0.311 e. The van der Waals surface area contributed by atoms with E-state index >= 15 is 0 Å². The minimum absolute atomic E-state index is 0.0912. The molecule has 0 saturated carbocycles. The fraction of sp³-hybridized carbons (Fsp3) is 0.700. The molecule has 0 saturated heterocycles. The summed E-state index contributed by atoms with van der Waals surface area (Å²) < 4.78 is 0.743. The number of amides is 1. The van der Waals surface area contributed by atoms with Gasteiger partial charge in [-0.15, -0.1) is 0 Å². The summed E-state index contributed by atoms with van der Waals surface area (Å²) in [5, 5.41) is 2.92. The maximum absolute atomic E-state index is 11.1. The highest BCUT2D eigenvalue weighted by Gasteiger charge is 2.23. The summed E-state index contributed by atoms with van der Waals surface area (Å²) in [5.74, 6) is -0.0912. The first-order chi connectivity index (χ1) is 5.91. The van der Waals surface area contributed by atoms with Gasteiger partial charge in [-0.05, 0) is 12.5 Å². The van der Waals surface area contributed by atoms with E-state index in [1.165, 1.54) is 6.08 Å². The molecule has 13 heavy (non-hydrogen) atoms. The summed E-state index contributed by atoms with van der Waals surface area (Å²) in [6.07, 6.45) is 3.55. The van der Waals surface area contributed by atoms with Crippen LogP contribution in [0.15, 0.2) is 12.7 Å². The number of carbonyl (C=O) groups is 1. The van der Waals surface area contributed by atoms with Gasteiger partial charge in [-0.2, -0.15) is 0 Å². The van der Waals surface area contributed by atoms with Crippen molar-refractivity contribution in [3.8, 4) is 0 Å². The molecule has 76 valence electrons. The number of nitrogens with one attached hydrogen (secondary N) is 1. The number of hydrogen-bond donors (Lipinski definition) is 1. The molecular formula is C10H21N2O+. The van der Waals surface area contributed by atoms with E-state index in [9.17, 15) is 4.79 Å². The second-order valence-corrected chi connectivity index (χ2v) is 4.13. The van der Waals surface area contributed by atoms with Crippen molar-refractivity contribution >= 4 is 5.91 Å². The van der Waals surface area contributed by atoms with Crippen molar-refractivity contribution in [2.45, 2.75) is 25.9 Å². The molecule has 1 N–H and O–H groups in total. The van der Waals surface area contributed by atoms with Crippen LogP contribution in [-0.2, 0) is 4.79 Å². The highest BCUT2D eigenvalue weighted by atomic mass is 16.1. The maximum Gasteiger partial charge on any atom is 0.247 e. The van der Waals surface area contributed by atoms with Crippen LogP contribution in [0.1, 0.15) is 19.8 Å². The molecule has 0 bridgehead atoms. The molecule has 0 aromatic rings. The Balaban J connectivity index is 4.26. The molecular weight excluding hydrogens is 164 g/mol. The van der Waals surface area contributed by atoms with Gasteiger partial charge in [0.15, 0.2) is 6.17 Å². The Hall–Kier alpha value is -0.830. The lowest BCUT2D eigenvalue weighted by atomic mass is 10.2. The lowest BCUT2D eigenvalue weighted by molar-refractivity contribution is -0.898. The lowest BCUT2D eigenvalue weighted by Crippen LogP contribution is -2.54. The topological polar surface area (TPSA) is 29.1 Å². The van der Waals surface area contributed by atoms with E-state index in [-0.39, 0.29) is 12.1 Å². The van der Waals surface area contributed by atoms with E-state index in [1.807, 2.05) is 0 Å². The summed E-state index contributed by atoms with van der Waals surface area (Å²) in [7, 11) is 6.22. The van der Waals surface area contributed by atoms with Crippen molar-refractivity contribution in [2.24, 2.45) is 0 Å². The van der Waals surface area contributed by atoms with Gasteiger partial charge in [0.05, 0.1) is 21.1 Å². The number of rotatable bonds is 5. The number of nitrogens with zero attached hydrogens (tertiary/aromatic N) is 1. The lowest BCUT2D eigenvalue weighted by Gasteiger charge is -2.34. The number of quaternary nitrogens is 1. The zero-order valence-electron chi connectivity index (χ0n) is 9.13. The highest BCUT2D eigenvalue weighted by molar-refractivity contribution is 5.86. The fourth-order valence-corrected chi connectivity index (χ4v) is 1.15. The minimum Gasteiger partial charge on any atom is -0.311 e. The van der Waals surface area contributed by atoms with Crippen LogP contribution in [0.4, 0.5) is 0 Å². The standard InChI is InChI=1S/C10H20N2O/c1-6-8-9(12(3,4)5)11-10(13)7-2/h7,9H,2,6,8H2,1,3-5H3/p+1. The van der Waals surface area contributed by atoms with Gasteiger partial charge in [-0.25, -0.2) is 0 Å². The highest BCUT2D eigenvalue weighted by Crippen LogP contribution is 2.06. The molecule has 0 aliphatic carbocycles. The van der Waals surface area contributed by atoms with Crippen molar-refractivity contribution in [3.05, 3.63) is 12.7 Å². The van der Waals surface area contributed by atoms with E-state index in [1.54, 1.807) is 0 Å². The molecule has 0 rings (SSSR count). The van der Waals surface area contributed by atoms with Crippen LogP contribution < -0.4 is 5.32 Å². The van der Waals surface area contributed by atoms with Crippen LogP contribution in [0.5, 0.6) is 0 Å². The summed E-state index contributed by atoms with van der Waals surface area (Å²) in [4.78, 5) is 11.1. The van der Waals surface area contributed by atoms with Crippen molar-refractivity contribution in [1.82, 2.24) is 5.32 Å². The van der Waals surface area contributed by atoms with Crippen LogP contribution in [0.2, 0.25) is 0 Å². The van der Waals surface area contributed by atoms with Crippen molar-refractivity contribution in [2.75, 3.05) is 21.1 Å². The van der Waals surface area contributed by atoms with E-state index < -0.39 is 0 Å².